The summed E-state index contributed by atoms with van der Waals surface area (Å²) in [5.74, 6) is 0.129. The van der Waals surface area contributed by atoms with Gasteiger partial charge < -0.3 is 5.32 Å². The van der Waals surface area contributed by atoms with Gasteiger partial charge in [0, 0.05) is 32.7 Å². The SMILES string of the molecule is CCCC(NC(=O)CN1CCN(CC=Cc2ccccc2)CC1)c1ccccc1. The Labute approximate surface area is 175 Å². The lowest BCUT2D eigenvalue weighted by atomic mass is 10.0. The maximum atomic E-state index is 12.6. The van der Waals surface area contributed by atoms with E-state index in [2.05, 4.69) is 70.6 Å². The highest BCUT2D eigenvalue weighted by atomic mass is 16.2. The summed E-state index contributed by atoms with van der Waals surface area (Å²) >= 11 is 0. The molecule has 29 heavy (non-hydrogen) atoms. The molecule has 0 bridgehead atoms. The Morgan fingerprint density at radius 2 is 1.59 bits per heavy atom. The van der Waals surface area contributed by atoms with Gasteiger partial charge in [-0.25, -0.2) is 0 Å². The van der Waals surface area contributed by atoms with Crippen LogP contribution in [0.3, 0.4) is 0 Å². The lowest BCUT2D eigenvalue weighted by Crippen LogP contribution is -2.49. The molecule has 1 atom stereocenters. The molecular formula is C25H33N3O. The van der Waals surface area contributed by atoms with Crippen LogP contribution >= 0.6 is 0 Å². The molecule has 1 aliphatic rings. The van der Waals surface area contributed by atoms with Crippen molar-refractivity contribution in [1.29, 1.82) is 0 Å². The van der Waals surface area contributed by atoms with Crippen molar-refractivity contribution in [2.45, 2.75) is 25.8 Å². The maximum Gasteiger partial charge on any atom is 0.234 e. The van der Waals surface area contributed by atoms with Crippen molar-refractivity contribution >= 4 is 12.0 Å². The van der Waals surface area contributed by atoms with Gasteiger partial charge in [-0.15, -0.1) is 0 Å². The monoisotopic (exact) mass is 391 g/mol. The predicted octanol–water partition coefficient (Wildman–Crippen LogP) is 3.98. The van der Waals surface area contributed by atoms with Gasteiger partial charge in [-0.3, -0.25) is 14.6 Å². The lowest BCUT2D eigenvalue weighted by Gasteiger charge is -2.34. The van der Waals surface area contributed by atoms with Gasteiger partial charge in [-0.05, 0) is 17.5 Å². The van der Waals surface area contributed by atoms with E-state index in [-0.39, 0.29) is 11.9 Å². The average molecular weight is 392 g/mol. The summed E-state index contributed by atoms with van der Waals surface area (Å²) in [6, 6.07) is 20.8. The molecule has 1 N–H and O–H groups in total. The Morgan fingerprint density at radius 3 is 2.24 bits per heavy atom. The van der Waals surface area contributed by atoms with E-state index in [0.717, 1.165) is 45.6 Å². The van der Waals surface area contributed by atoms with Crippen LogP contribution in [0.5, 0.6) is 0 Å². The van der Waals surface area contributed by atoms with Gasteiger partial charge in [0.25, 0.3) is 0 Å². The van der Waals surface area contributed by atoms with Gasteiger partial charge in [0.2, 0.25) is 5.91 Å². The molecule has 4 nitrogen and oxygen atoms in total. The second kappa shape index (κ2) is 11.5. The van der Waals surface area contributed by atoms with Crippen LogP contribution in [0, 0.1) is 0 Å². The van der Waals surface area contributed by atoms with E-state index in [0.29, 0.717) is 6.54 Å². The van der Waals surface area contributed by atoms with Crippen molar-refractivity contribution in [1.82, 2.24) is 15.1 Å². The van der Waals surface area contributed by atoms with Crippen LogP contribution in [0.2, 0.25) is 0 Å². The molecule has 2 aromatic carbocycles. The summed E-state index contributed by atoms with van der Waals surface area (Å²) < 4.78 is 0. The number of carbonyl (C=O) groups excluding carboxylic acids is 1. The first kappa shape index (κ1) is 21.3. The van der Waals surface area contributed by atoms with Gasteiger partial charge in [0.1, 0.15) is 0 Å². The van der Waals surface area contributed by atoms with Gasteiger partial charge in [-0.1, -0.05) is 86.2 Å². The average Bonchev–Trinajstić information content (AvgIpc) is 2.76. The van der Waals surface area contributed by atoms with Gasteiger partial charge in [-0.2, -0.15) is 0 Å². The molecule has 154 valence electrons. The third-order valence-electron chi connectivity index (χ3n) is 5.42. The number of nitrogens with zero attached hydrogens (tertiary/aromatic N) is 2. The molecule has 0 aromatic heterocycles. The Balaban J connectivity index is 1.40. The summed E-state index contributed by atoms with van der Waals surface area (Å²) in [5, 5.41) is 3.24. The van der Waals surface area contributed by atoms with Crippen LogP contribution in [0.25, 0.3) is 6.08 Å². The van der Waals surface area contributed by atoms with Gasteiger partial charge in [0.15, 0.2) is 0 Å². The number of benzene rings is 2. The number of nitrogens with one attached hydrogen (secondary N) is 1. The molecule has 1 aliphatic heterocycles. The maximum absolute atomic E-state index is 12.6. The fourth-order valence-electron chi connectivity index (χ4n) is 3.77. The van der Waals surface area contributed by atoms with E-state index >= 15 is 0 Å². The van der Waals surface area contributed by atoms with E-state index in [1.54, 1.807) is 0 Å². The second-order valence-electron chi connectivity index (χ2n) is 7.71. The number of amides is 1. The highest BCUT2D eigenvalue weighted by molar-refractivity contribution is 5.78. The van der Waals surface area contributed by atoms with Crippen LogP contribution in [0.4, 0.5) is 0 Å². The molecule has 0 saturated carbocycles. The Morgan fingerprint density at radius 1 is 0.966 bits per heavy atom. The van der Waals surface area contributed by atoms with E-state index < -0.39 is 0 Å². The topological polar surface area (TPSA) is 35.6 Å². The van der Waals surface area contributed by atoms with Crippen LogP contribution in [-0.2, 0) is 4.79 Å². The Hall–Kier alpha value is -2.43. The van der Waals surface area contributed by atoms with Crippen LogP contribution in [0.15, 0.2) is 66.7 Å². The zero-order valence-electron chi connectivity index (χ0n) is 17.5. The molecule has 2 aromatic rings. The first-order chi connectivity index (χ1) is 14.2. The zero-order valence-corrected chi connectivity index (χ0v) is 17.5. The number of piperazine rings is 1. The third-order valence-corrected chi connectivity index (χ3v) is 5.42. The summed E-state index contributed by atoms with van der Waals surface area (Å²) in [6.45, 7) is 7.50. The minimum absolute atomic E-state index is 0.109. The number of hydrogen-bond donors (Lipinski definition) is 1. The molecule has 0 spiro atoms. The fraction of sp³-hybridized carbons (Fsp3) is 0.400. The molecule has 0 radical (unpaired) electrons. The summed E-state index contributed by atoms with van der Waals surface area (Å²) in [6.07, 6.45) is 6.43. The molecule has 3 rings (SSSR count). The van der Waals surface area contributed by atoms with E-state index in [1.807, 2.05) is 24.3 Å². The van der Waals surface area contributed by atoms with Crippen LogP contribution in [-0.4, -0.2) is 55.0 Å². The van der Waals surface area contributed by atoms with Crippen molar-refractivity contribution in [3.63, 3.8) is 0 Å². The second-order valence-corrected chi connectivity index (χ2v) is 7.71. The predicted molar refractivity (Wildman–Crippen MR) is 121 cm³/mol. The van der Waals surface area contributed by atoms with Crippen LogP contribution in [0.1, 0.15) is 36.9 Å². The first-order valence-electron chi connectivity index (χ1n) is 10.7. The van der Waals surface area contributed by atoms with E-state index in [9.17, 15) is 4.79 Å². The molecule has 1 saturated heterocycles. The Bertz CT molecular complexity index is 752. The van der Waals surface area contributed by atoms with Crippen LogP contribution < -0.4 is 5.32 Å². The normalized spacial score (nSPS) is 16.7. The summed E-state index contributed by atoms with van der Waals surface area (Å²) in [7, 11) is 0. The largest absolute Gasteiger partial charge is 0.348 e. The van der Waals surface area contributed by atoms with Gasteiger partial charge >= 0.3 is 0 Å². The van der Waals surface area contributed by atoms with Crippen molar-refractivity contribution in [3.8, 4) is 0 Å². The molecule has 1 heterocycles. The van der Waals surface area contributed by atoms with Crippen molar-refractivity contribution in [2.75, 3.05) is 39.3 Å². The minimum Gasteiger partial charge on any atom is -0.348 e. The van der Waals surface area contributed by atoms with Crippen molar-refractivity contribution in [2.24, 2.45) is 0 Å². The van der Waals surface area contributed by atoms with Crippen molar-refractivity contribution < 1.29 is 4.79 Å². The summed E-state index contributed by atoms with van der Waals surface area (Å²) in [5.41, 5.74) is 2.43. The molecule has 1 fully saturated rings. The highest BCUT2D eigenvalue weighted by Crippen LogP contribution is 2.18. The first-order valence-corrected chi connectivity index (χ1v) is 10.7. The molecule has 4 heteroatoms. The number of rotatable bonds is 9. The fourth-order valence-corrected chi connectivity index (χ4v) is 3.77. The third kappa shape index (κ3) is 7.15. The Kier molecular flexibility index (Phi) is 8.47. The molecule has 1 unspecified atom stereocenters. The molecule has 1 amide bonds. The zero-order chi connectivity index (χ0) is 20.3. The summed E-state index contributed by atoms with van der Waals surface area (Å²) in [4.78, 5) is 17.3. The quantitative estimate of drug-likeness (QED) is 0.702. The number of hydrogen-bond acceptors (Lipinski definition) is 3. The highest BCUT2D eigenvalue weighted by Gasteiger charge is 2.20. The van der Waals surface area contributed by atoms with Crippen molar-refractivity contribution in [3.05, 3.63) is 77.9 Å². The smallest absolute Gasteiger partial charge is 0.234 e. The standard InChI is InChI=1S/C25H33N3O/c1-2-10-24(23-14-7-4-8-15-23)26-25(29)21-28-19-17-27(18-20-28)16-9-13-22-11-5-3-6-12-22/h3-9,11-15,24H,2,10,16-21H2,1H3,(H,26,29). The van der Waals surface area contributed by atoms with E-state index in [1.165, 1.54) is 11.1 Å². The lowest BCUT2D eigenvalue weighted by molar-refractivity contribution is -0.123. The van der Waals surface area contributed by atoms with E-state index in [4.69, 9.17) is 0 Å². The van der Waals surface area contributed by atoms with Gasteiger partial charge in [0.05, 0.1) is 12.6 Å². The minimum atomic E-state index is 0.109. The molecular weight excluding hydrogens is 358 g/mol. The molecule has 0 aliphatic carbocycles. The number of carbonyl (C=O) groups is 1.